The highest BCUT2D eigenvalue weighted by Gasteiger charge is 2.23. The van der Waals surface area contributed by atoms with Crippen LogP contribution in [0.5, 0.6) is 0 Å². The standard InChI is InChI=1S/C22H21Cl2NO4/c1-22(2,3)29-21(27)25-16(10-15-11-17(23)18(24)12-19(15)25)9-13-6-5-7-14(8-13)20(26)28-4/h5-8,10-12H,9H2,1-4H3. The molecule has 3 rings (SSSR count). The van der Waals surface area contributed by atoms with Crippen LogP contribution >= 0.6 is 23.2 Å². The number of hydrogen-bond acceptors (Lipinski definition) is 4. The lowest BCUT2D eigenvalue weighted by atomic mass is 10.1. The Bertz CT molecular complexity index is 1100. The third-order valence-corrected chi connectivity index (χ3v) is 4.95. The third kappa shape index (κ3) is 4.74. The first-order valence-corrected chi connectivity index (χ1v) is 9.74. The number of ether oxygens (including phenoxy) is 2. The van der Waals surface area contributed by atoms with Crippen molar-refractivity contribution in [1.82, 2.24) is 4.57 Å². The van der Waals surface area contributed by atoms with E-state index < -0.39 is 17.7 Å². The van der Waals surface area contributed by atoms with Crippen LogP contribution in [0.25, 0.3) is 10.9 Å². The van der Waals surface area contributed by atoms with Crippen molar-refractivity contribution in [2.24, 2.45) is 0 Å². The summed E-state index contributed by atoms with van der Waals surface area (Å²) in [6.45, 7) is 5.42. The third-order valence-electron chi connectivity index (χ3n) is 4.23. The monoisotopic (exact) mass is 433 g/mol. The van der Waals surface area contributed by atoms with Gasteiger partial charge in [-0.3, -0.25) is 0 Å². The van der Waals surface area contributed by atoms with Gasteiger partial charge in [0.15, 0.2) is 0 Å². The molecule has 3 aromatic rings. The predicted molar refractivity (Wildman–Crippen MR) is 114 cm³/mol. The Labute approximate surface area is 179 Å². The second-order valence-corrected chi connectivity index (χ2v) is 8.46. The summed E-state index contributed by atoms with van der Waals surface area (Å²) in [6, 6.07) is 12.3. The number of methoxy groups -OCH3 is 1. The number of rotatable bonds is 3. The molecule has 2 aromatic carbocycles. The topological polar surface area (TPSA) is 57.5 Å². The fourth-order valence-corrected chi connectivity index (χ4v) is 3.38. The molecule has 0 atom stereocenters. The van der Waals surface area contributed by atoms with Crippen molar-refractivity contribution in [2.45, 2.75) is 32.8 Å². The van der Waals surface area contributed by atoms with Crippen LogP contribution in [0.4, 0.5) is 4.79 Å². The van der Waals surface area contributed by atoms with Crippen LogP contribution in [0.1, 0.15) is 42.4 Å². The molecule has 0 fully saturated rings. The molecule has 29 heavy (non-hydrogen) atoms. The summed E-state index contributed by atoms with van der Waals surface area (Å²) < 4.78 is 11.9. The van der Waals surface area contributed by atoms with Crippen LogP contribution in [-0.2, 0) is 15.9 Å². The average Bonchev–Trinajstić information content (AvgIpc) is 2.97. The quantitative estimate of drug-likeness (QED) is 0.467. The van der Waals surface area contributed by atoms with Gasteiger partial charge in [-0.25, -0.2) is 14.2 Å². The Morgan fingerprint density at radius 2 is 1.72 bits per heavy atom. The first-order valence-electron chi connectivity index (χ1n) is 8.99. The predicted octanol–water partition coefficient (Wildman–Crippen LogP) is 6.11. The fraction of sp³-hybridized carbons (Fsp3) is 0.273. The molecular weight excluding hydrogens is 413 g/mol. The lowest BCUT2D eigenvalue weighted by Crippen LogP contribution is -2.28. The van der Waals surface area contributed by atoms with Gasteiger partial charge in [0.2, 0.25) is 0 Å². The summed E-state index contributed by atoms with van der Waals surface area (Å²) in [5.41, 5.74) is 1.92. The van der Waals surface area contributed by atoms with E-state index in [1.54, 1.807) is 51.1 Å². The number of hydrogen-bond donors (Lipinski definition) is 0. The van der Waals surface area contributed by atoms with E-state index in [0.29, 0.717) is 33.2 Å². The lowest BCUT2D eigenvalue weighted by Gasteiger charge is -2.21. The number of aromatic nitrogens is 1. The molecule has 0 saturated heterocycles. The average molecular weight is 434 g/mol. The number of esters is 1. The first-order chi connectivity index (χ1) is 13.6. The molecule has 0 radical (unpaired) electrons. The van der Waals surface area contributed by atoms with Crippen molar-refractivity contribution in [1.29, 1.82) is 0 Å². The highest BCUT2D eigenvalue weighted by molar-refractivity contribution is 6.42. The smallest absolute Gasteiger partial charge is 0.419 e. The minimum atomic E-state index is -0.661. The number of nitrogens with zero attached hydrogens (tertiary/aromatic N) is 1. The van der Waals surface area contributed by atoms with E-state index in [0.717, 1.165) is 10.9 Å². The molecule has 0 N–H and O–H groups in total. The van der Waals surface area contributed by atoms with Crippen LogP contribution in [0.3, 0.4) is 0 Å². The zero-order valence-electron chi connectivity index (χ0n) is 16.6. The first kappa shape index (κ1) is 21.2. The van der Waals surface area contributed by atoms with Gasteiger partial charge < -0.3 is 9.47 Å². The minimum absolute atomic E-state index is 0.348. The van der Waals surface area contributed by atoms with Gasteiger partial charge in [0.1, 0.15) is 5.60 Å². The maximum absolute atomic E-state index is 13.0. The van der Waals surface area contributed by atoms with Crippen LogP contribution in [0.15, 0.2) is 42.5 Å². The van der Waals surface area contributed by atoms with E-state index in [-0.39, 0.29) is 0 Å². The molecule has 1 heterocycles. The second-order valence-electron chi connectivity index (χ2n) is 7.65. The molecule has 0 aliphatic rings. The Balaban J connectivity index is 2.10. The number of halogens is 2. The Hall–Kier alpha value is -2.50. The van der Waals surface area contributed by atoms with Gasteiger partial charge >= 0.3 is 12.1 Å². The molecule has 0 bridgehead atoms. The Morgan fingerprint density at radius 1 is 1.03 bits per heavy atom. The van der Waals surface area contributed by atoms with E-state index in [9.17, 15) is 9.59 Å². The van der Waals surface area contributed by atoms with Gasteiger partial charge in [-0.15, -0.1) is 0 Å². The van der Waals surface area contributed by atoms with Gasteiger partial charge in [-0.05, 0) is 56.7 Å². The maximum atomic E-state index is 13.0. The van der Waals surface area contributed by atoms with Crippen LogP contribution in [-0.4, -0.2) is 29.3 Å². The van der Waals surface area contributed by atoms with Gasteiger partial charge in [-0.1, -0.05) is 35.3 Å². The summed E-state index contributed by atoms with van der Waals surface area (Å²) >= 11 is 12.3. The number of benzene rings is 2. The van der Waals surface area contributed by atoms with Gasteiger partial charge in [0.05, 0.1) is 28.2 Å². The summed E-state index contributed by atoms with van der Waals surface area (Å²) in [4.78, 5) is 24.8. The second kappa shape index (κ2) is 8.09. The van der Waals surface area contributed by atoms with Crippen LogP contribution in [0, 0.1) is 0 Å². The zero-order chi connectivity index (χ0) is 21.3. The van der Waals surface area contributed by atoms with E-state index in [1.165, 1.54) is 11.7 Å². The molecular formula is C22H21Cl2NO4. The zero-order valence-corrected chi connectivity index (χ0v) is 18.1. The molecule has 5 nitrogen and oxygen atoms in total. The van der Waals surface area contributed by atoms with E-state index in [4.69, 9.17) is 32.7 Å². The van der Waals surface area contributed by atoms with Gasteiger partial charge in [-0.2, -0.15) is 0 Å². The van der Waals surface area contributed by atoms with E-state index in [2.05, 4.69) is 0 Å². The van der Waals surface area contributed by atoms with Crippen LogP contribution < -0.4 is 0 Å². The molecule has 7 heteroatoms. The highest BCUT2D eigenvalue weighted by atomic mass is 35.5. The van der Waals surface area contributed by atoms with Crippen LogP contribution in [0.2, 0.25) is 10.0 Å². The van der Waals surface area contributed by atoms with Crippen molar-refractivity contribution in [3.05, 3.63) is 69.3 Å². The van der Waals surface area contributed by atoms with Crippen molar-refractivity contribution in [3.8, 4) is 0 Å². The maximum Gasteiger partial charge on any atom is 0.419 e. The Morgan fingerprint density at radius 3 is 2.38 bits per heavy atom. The minimum Gasteiger partial charge on any atom is -0.465 e. The summed E-state index contributed by atoms with van der Waals surface area (Å²) in [7, 11) is 1.34. The van der Waals surface area contributed by atoms with Gasteiger partial charge in [0.25, 0.3) is 0 Å². The number of carbonyl (C=O) groups is 2. The number of fused-ring (bicyclic) bond motifs is 1. The van der Waals surface area contributed by atoms with Crippen molar-refractivity contribution in [2.75, 3.05) is 7.11 Å². The number of carbonyl (C=O) groups excluding carboxylic acids is 2. The summed E-state index contributed by atoms with van der Waals surface area (Å²) in [5, 5.41) is 1.52. The molecule has 0 aliphatic carbocycles. The Kier molecular flexibility index (Phi) is 5.92. The molecule has 152 valence electrons. The van der Waals surface area contributed by atoms with Gasteiger partial charge in [0, 0.05) is 17.5 Å². The molecule has 0 spiro atoms. The lowest BCUT2D eigenvalue weighted by molar-refractivity contribution is 0.0539. The molecule has 0 aliphatic heterocycles. The largest absolute Gasteiger partial charge is 0.465 e. The fourth-order valence-electron chi connectivity index (χ4n) is 3.05. The molecule has 0 amide bonds. The molecule has 0 unspecified atom stereocenters. The van der Waals surface area contributed by atoms with E-state index in [1.807, 2.05) is 12.1 Å². The normalized spacial score (nSPS) is 11.5. The van der Waals surface area contributed by atoms with Crippen molar-refractivity contribution in [3.63, 3.8) is 0 Å². The SMILES string of the molecule is COC(=O)c1cccc(Cc2cc3cc(Cl)c(Cl)cc3n2C(=O)OC(C)(C)C)c1. The van der Waals surface area contributed by atoms with Crippen molar-refractivity contribution >= 4 is 46.2 Å². The summed E-state index contributed by atoms with van der Waals surface area (Å²) in [6.07, 6.45) is -0.112. The van der Waals surface area contributed by atoms with Crippen molar-refractivity contribution < 1.29 is 19.1 Å². The van der Waals surface area contributed by atoms with E-state index >= 15 is 0 Å². The summed E-state index contributed by atoms with van der Waals surface area (Å²) in [5.74, 6) is -0.418. The molecule has 1 aromatic heterocycles. The molecule has 0 saturated carbocycles. The highest BCUT2D eigenvalue weighted by Crippen LogP contribution is 2.31.